The Morgan fingerprint density at radius 2 is 2.09 bits per heavy atom. The fourth-order valence-electron chi connectivity index (χ4n) is 5.82. The van der Waals surface area contributed by atoms with Crippen LogP contribution in [0.3, 0.4) is 0 Å². The van der Waals surface area contributed by atoms with Gasteiger partial charge in [0.25, 0.3) is 0 Å². The van der Waals surface area contributed by atoms with Crippen molar-refractivity contribution in [1.29, 1.82) is 0 Å². The molecule has 0 saturated heterocycles. The molecule has 0 aliphatic heterocycles. The van der Waals surface area contributed by atoms with E-state index in [1.54, 1.807) is 0 Å². The van der Waals surface area contributed by atoms with Crippen LogP contribution in [0.1, 0.15) is 56.1 Å². The highest BCUT2D eigenvalue weighted by molar-refractivity contribution is 5.66. The number of fused-ring (bicyclic) bond motifs is 5. The lowest BCUT2D eigenvalue weighted by Gasteiger charge is -2.51. The van der Waals surface area contributed by atoms with Gasteiger partial charge in [0, 0.05) is 12.3 Å². The van der Waals surface area contributed by atoms with Gasteiger partial charge in [0.15, 0.2) is 0 Å². The second-order valence-corrected chi connectivity index (χ2v) is 7.76. The zero-order valence-corrected chi connectivity index (χ0v) is 13.8. The van der Waals surface area contributed by atoms with Crippen LogP contribution in [0.15, 0.2) is 24.3 Å². The molecule has 3 aliphatic rings. The summed E-state index contributed by atoms with van der Waals surface area (Å²) in [5, 5.41) is 10.7. The van der Waals surface area contributed by atoms with Crippen molar-refractivity contribution in [1.82, 2.24) is 0 Å². The van der Waals surface area contributed by atoms with Gasteiger partial charge in [0.05, 0.1) is 12.7 Å². The number of aliphatic hydroxyl groups excluding tert-OH is 1. The van der Waals surface area contributed by atoms with Crippen molar-refractivity contribution >= 4 is 5.97 Å². The smallest absolute Gasteiger partial charge is 0.302 e. The quantitative estimate of drug-likeness (QED) is 0.851. The maximum Gasteiger partial charge on any atom is 0.302 e. The normalized spacial score (nSPS) is 38.3. The molecule has 0 spiro atoms. The monoisotopic (exact) mass is 314 g/mol. The average Bonchev–Trinajstić information content (AvgIpc) is 2.90. The summed E-state index contributed by atoms with van der Waals surface area (Å²) in [6.07, 6.45) is 6.06. The summed E-state index contributed by atoms with van der Waals surface area (Å²) < 4.78 is 5.41. The predicted octanol–water partition coefficient (Wildman–Crippen LogP) is 3.45. The number of carbonyl (C=O) groups excluding carboxylic acids is 1. The van der Waals surface area contributed by atoms with Crippen molar-refractivity contribution in [3.05, 3.63) is 35.4 Å². The Balaban J connectivity index is 1.64. The minimum atomic E-state index is -0.315. The van der Waals surface area contributed by atoms with Crippen molar-refractivity contribution in [3.8, 4) is 0 Å². The molecule has 2 saturated carbocycles. The number of aliphatic hydroxyl groups is 1. The van der Waals surface area contributed by atoms with Gasteiger partial charge in [0.1, 0.15) is 0 Å². The van der Waals surface area contributed by atoms with Gasteiger partial charge in [-0.2, -0.15) is 0 Å². The second-order valence-electron chi connectivity index (χ2n) is 7.76. The molecule has 124 valence electrons. The molecule has 5 atom stereocenters. The summed E-state index contributed by atoms with van der Waals surface area (Å²) >= 11 is 0. The van der Waals surface area contributed by atoms with Crippen molar-refractivity contribution in [2.24, 2.45) is 17.3 Å². The number of esters is 1. The van der Waals surface area contributed by atoms with Crippen LogP contribution in [0.5, 0.6) is 0 Å². The van der Waals surface area contributed by atoms with Crippen molar-refractivity contribution in [3.63, 3.8) is 0 Å². The molecular formula is C20H26O3. The Hall–Kier alpha value is -1.35. The summed E-state index contributed by atoms with van der Waals surface area (Å²) in [6.45, 7) is 1.87. The number of benzene rings is 1. The molecular weight excluding hydrogens is 288 g/mol. The van der Waals surface area contributed by atoms with Crippen LogP contribution in [0.2, 0.25) is 0 Å². The van der Waals surface area contributed by atoms with Gasteiger partial charge in [-0.05, 0) is 67.4 Å². The van der Waals surface area contributed by atoms with Crippen LogP contribution in [0, 0.1) is 17.3 Å². The van der Waals surface area contributed by atoms with Gasteiger partial charge in [0.2, 0.25) is 0 Å². The lowest BCUT2D eigenvalue weighted by atomic mass is 9.55. The molecule has 3 heteroatoms. The highest BCUT2D eigenvalue weighted by Gasteiger charge is 2.57. The fraction of sp³-hybridized carbons (Fsp3) is 0.650. The number of carbonyl (C=O) groups is 1. The van der Waals surface area contributed by atoms with E-state index < -0.39 is 0 Å². The number of aryl methyl sites for hydroxylation is 1. The van der Waals surface area contributed by atoms with E-state index in [0.29, 0.717) is 24.4 Å². The molecule has 3 nitrogen and oxygen atoms in total. The molecule has 1 aromatic carbocycles. The first kappa shape index (κ1) is 15.2. The standard InChI is InChI=1S/C20H26O3/c1-13(21)23-12-20-11-10-16-15-5-3-2-4-14(15)6-7-17(16)18(20)8-9-19(20)22/h2-5,16-19,22H,6-12H2,1H3/t16-,17-,18+,19+,20-/m1/s1. The summed E-state index contributed by atoms with van der Waals surface area (Å²) in [7, 11) is 0. The highest BCUT2D eigenvalue weighted by Crippen LogP contribution is 2.61. The average molecular weight is 314 g/mol. The van der Waals surface area contributed by atoms with Crippen LogP contribution in [0.25, 0.3) is 0 Å². The SMILES string of the molecule is CC(=O)OC[C@]12CC[C@@H]3c4ccccc4CC[C@H]3[C@@H]1CC[C@@H]2O. The molecule has 4 rings (SSSR count). The van der Waals surface area contributed by atoms with Gasteiger partial charge in [-0.3, -0.25) is 4.79 Å². The molecule has 0 unspecified atom stereocenters. The lowest BCUT2D eigenvalue weighted by molar-refractivity contribution is -0.152. The highest BCUT2D eigenvalue weighted by atomic mass is 16.5. The van der Waals surface area contributed by atoms with Crippen LogP contribution in [-0.2, 0) is 16.0 Å². The van der Waals surface area contributed by atoms with E-state index >= 15 is 0 Å². The molecule has 0 amide bonds. The summed E-state index contributed by atoms with van der Waals surface area (Å²) in [5.41, 5.74) is 2.85. The molecule has 1 N–H and O–H groups in total. The van der Waals surface area contributed by atoms with Gasteiger partial charge in [-0.15, -0.1) is 0 Å². The first-order valence-corrected chi connectivity index (χ1v) is 9.01. The zero-order valence-electron chi connectivity index (χ0n) is 13.8. The molecule has 0 aromatic heterocycles. The summed E-state index contributed by atoms with van der Waals surface area (Å²) in [5.74, 6) is 1.52. The molecule has 0 bridgehead atoms. The number of rotatable bonds is 2. The lowest BCUT2D eigenvalue weighted by Crippen LogP contribution is -2.48. The minimum absolute atomic E-state index is 0.195. The van der Waals surface area contributed by atoms with Crippen LogP contribution >= 0.6 is 0 Å². The van der Waals surface area contributed by atoms with Crippen LogP contribution in [-0.4, -0.2) is 23.8 Å². The Morgan fingerprint density at radius 3 is 2.91 bits per heavy atom. The van der Waals surface area contributed by atoms with Crippen molar-refractivity contribution in [2.45, 2.75) is 57.5 Å². The summed E-state index contributed by atoms with van der Waals surface area (Å²) in [4.78, 5) is 11.3. The van der Waals surface area contributed by atoms with E-state index in [9.17, 15) is 9.90 Å². The number of hydrogen-bond donors (Lipinski definition) is 1. The second kappa shape index (κ2) is 5.62. The third-order valence-electron chi connectivity index (χ3n) is 6.85. The van der Waals surface area contributed by atoms with E-state index in [-0.39, 0.29) is 17.5 Å². The number of ether oxygens (including phenoxy) is 1. The first-order valence-electron chi connectivity index (χ1n) is 9.01. The maximum atomic E-state index is 11.3. The Kier molecular flexibility index (Phi) is 3.72. The fourth-order valence-corrected chi connectivity index (χ4v) is 5.82. The predicted molar refractivity (Wildman–Crippen MR) is 88.0 cm³/mol. The van der Waals surface area contributed by atoms with E-state index in [4.69, 9.17) is 4.74 Å². The maximum absolute atomic E-state index is 11.3. The Bertz CT molecular complexity index is 611. The summed E-state index contributed by atoms with van der Waals surface area (Å²) in [6, 6.07) is 8.88. The molecule has 1 aromatic rings. The molecule has 0 radical (unpaired) electrons. The van der Waals surface area contributed by atoms with Crippen molar-refractivity contribution in [2.75, 3.05) is 6.61 Å². The third kappa shape index (κ3) is 2.32. The van der Waals surface area contributed by atoms with Crippen molar-refractivity contribution < 1.29 is 14.6 Å². The molecule has 23 heavy (non-hydrogen) atoms. The number of hydrogen-bond acceptors (Lipinski definition) is 3. The minimum Gasteiger partial charge on any atom is -0.465 e. The Labute approximate surface area is 138 Å². The van der Waals surface area contributed by atoms with E-state index in [1.807, 2.05) is 0 Å². The van der Waals surface area contributed by atoms with Gasteiger partial charge >= 0.3 is 5.97 Å². The molecule has 3 aliphatic carbocycles. The first-order chi connectivity index (χ1) is 11.1. The van der Waals surface area contributed by atoms with E-state index in [1.165, 1.54) is 24.5 Å². The Morgan fingerprint density at radius 1 is 1.26 bits per heavy atom. The van der Waals surface area contributed by atoms with E-state index in [0.717, 1.165) is 32.1 Å². The third-order valence-corrected chi connectivity index (χ3v) is 6.85. The topological polar surface area (TPSA) is 46.5 Å². The molecule has 2 fully saturated rings. The van der Waals surface area contributed by atoms with Gasteiger partial charge in [-0.1, -0.05) is 24.3 Å². The van der Waals surface area contributed by atoms with Gasteiger partial charge < -0.3 is 9.84 Å². The largest absolute Gasteiger partial charge is 0.465 e. The van der Waals surface area contributed by atoms with E-state index in [2.05, 4.69) is 24.3 Å². The molecule has 0 heterocycles. The van der Waals surface area contributed by atoms with Gasteiger partial charge in [-0.25, -0.2) is 0 Å². The van der Waals surface area contributed by atoms with Crippen LogP contribution in [0.4, 0.5) is 0 Å². The zero-order chi connectivity index (χ0) is 16.0. The van der Waals surface area contributed by atoms with Crippen LogP contribution < -0.4 is 0 Å².